The lowest BCUT2D eigenvalue weighted by atomic mass is 10.1. The monoisotopic (exact) mass is 169 g/mol. The van der Waals surface area contributed by atoms with Crippen LogP contribution < -0.4 is 5.48 Å². The summed E-state index contributed by atoms with van der Waals surface area (Å²) in [7, 11) is 1.55. The molecule has 0 fully saturated rings. The Morgan fingerprint density at radius 3 is 2.83 bits per heavy atom. The summed E-state index contributed by atoms with van der Waals surface area (Å²) in [5.74, 6) is 0. The fraction of sp³-hybridized carbons (Fsp3) is 0.333. The molecule has 0 aliphatic carbocycles. The molecule has 0 heterocycles. The summed E-state index contributed by atoms with van der Waals surface area (Å²) in [6.45, 7) is 0.186. The van der Waals surface area contributed by atoms with Crippen LogP contribution in [-0.4, -0.2) is 7.11 Å². The topological polar surface area (TPSA) is 21.3 Å². The van der Waals surface area contributed by atoms with E-state index < -0.39 is 6.67 Å². The van der Waals surface area contributed by atoms with Crippen molar-refractivity contribution in [2.75, 3.05) is 7.11 Å². The van der Waals surface area contributed by atoms with Gasteiger partial charge in [0, 0.05) is 6.54 Å². The summed E-state index contributed by atoms with van der Waals surface area (Å²) in [4.78, 5) is 4.68. The van der Waals surface area contributed by atoms with Gasteiger partial charge >= 0.3 is 0 Å². The van der Waals surface area contributed by atoms with Crippen molar-refractivity contribution in [3.8, 4) is 0 Å². The third-order valence-corrected chi connectivity index (χ3v) is 1.57. The van der Waals surface area contributed by atoms with Crippen LogP contribution in [0.5, 0.6) is 0 Å². The number of halogens is 1. The highest BCUT2D eigenvalue weighted by molar-refractivity contribution is 5.22. The Kier molecular flexibility index (Phi) is 3.70. The maximum atomic E-state index is 12.2. The zero-order chi connectivity index (χ0) is 8.81. The Bertz CT molecular complexity index is 240. The number of rotatable bonds is 4. The minimum absolute atomic E-state index is 0.416. The third kappa shape index (κ3) is 2.60. The fourth-order valence-corrected chi connectivity index (χ4v) is 0.978. The molecule has 1 aromatic carbocycles. The Hall–Kier alpha value is -0.930. The van der Waals surface area contributed by atoms with Crippen LogP contribution in [0.3, 0.4) is 0 Å². The molecule has 2 nitrogen and oxygen atoms in total. The molecule has 0 saturated carbocycles. The predicted octanol–water partition coefficient (Wildman–Crippen LogP) is 1.81. The third-order valence-electron chi connectivity index (χ3n) is 1.57. The van der Waals surface area contributed by atoms with E-state index in [9.17, 15) is 4.39 Å². The van der Waals surface area contributed by atoms with Crippen LogP contribution >= 0.6 is 0 Å². The summed E-state index contributed by atoms with van der Waals surface area (Å²) in [5.41, 5.74) is 4.41. The molecule has 0 bridgehead atoms. The zero-order valence-electron chi connectivity index (χ0n) is 7.01. The second kappa shape index (κ2) is 4.85. The smallest absolute Gasteiger partial charge is 0.115 e. The van der Waals surface area contributed by atoms with Crippen molar-refractivity contribution in [1.29, 1.82) is 0 Å². The number of hydroxylamine groups is 1. The molecule has 0 aliphatic rings. The molecule has 1 rings (SSSR count). The lowest BCUT2D eigenvalue weighted by Crippen LogP contribution is -2.10. The highest BCUT2D eigenvalue weighted by Gasteiger charge is 1.94. The van der Waals surface area contributed by atoms with Gasteiger partial charge < -0.3 is 4.84 Å². The Morgan fingerprint density at radius 1 is 1.42 bits per heavy atom. The summed E-state index contributed by atoms with van der Waals surface area (Å²) in [6.07, 6.45) is 0. The lowest BCUT2D eigenvalue weighted by Gasteiger charge is -2.02. The van der Waals surface area contributed by atoms with Crippen molar-refractivity contribution in [2.45, 2.75) is 13.2 Å². The molecule has 0 unspecified atom stereocenters. The van der Waals surface area contributed by atoms with Crippen molar-refractivity contribution in [3.63, 3.8) is 0 Å². The molecule has 0 aliphatic heterocycles. The highest BCUT2D eigenvalue weighted by atomic mass is 19.1. The lowest BCUT2D eigenvalue weighted by molar-refractivity contribution is 0.0867. The molecule has 12 heavy (non-hydrogen) atoms. The first-order valence-electron chi connectivity index (χ1n) is 3.76. The number of benzene rings is 1. The van der Waals surface area contributed by atoms with Crippen LogP contribution in [0.1, 0.15) is 11.1 Å². The quantitative estimate of drug-likeness (QED) is 0.694. The largest absolute Gasteiger partial charge is 0.305 e. The van der Waals surface area contributed by atoms with E-state index in [0.29, 0.717) is 12.1 Å². The van der Waals surface area contributed by atoms with Crippen LogP contribution in [-0.2, 0) is 18.1 Å². The van der Waals surface area contributed by atoms with E-state index in [2.05, 4.69) is 10.3 Å². The van der Waals surface area contributed by atoms with Gasteiger partial charge in [0.2, 0.25) is 0 Å². The summed E-state index contributed by atoms with van der Waals surface area (Å²) in [6, 6.07) is 7.33. The summed E-state index contributed by atoms with van der Waals surface area (Å²) < 4.78 is 12.2. The minimum Gasteiger partial charge on any atom is -0.305 e. The average molecular weight is 169 g/mol. The predicted molar refractivity (Wildman–Crippen MR) is 45.1 cm³/mol. The van der Waals surface area contributed by atoms with Crippen LogP contribution in [0.2, 0.25) is 0 Å². The summed E-state index contributed by atoms with van der Waals surface area (Å²) >= 11 is 0. The molecular formula is C9H12FNO. The molecule has 0 amide bonds. The van der Waals surface area contributed by atoms with Gasteiger partial charge in [0.25, 0.3) is 0 Å². The first kappa shape index (κ1) is 9.16. The maximum Gasteiger partial charge on any atom is 0.115 e. The molecular weight excluding hydrogens is 157 g/mol. The second-order valence-corrected chi connectivity index (χ2v) is 2.48. The van der Waals surface area contributed by atoms with Crippen LogP contribution in [0.25, 0.3) is 0 Å². The van der Waals surface area contributed by atoms with Crippen LogP contribution in [0.4, 0.5) is 4.39 Å². The standard InChI is InChI=1S/C9H12FNO/c1-12-11-7-9-4-2-3-8(5-9)6-10/h2-5,11H,6-7H2,1H3. The molecule has 1 aromatic rings. The Labute approximate surface area is 71.3 Å². The maximum absolute atomic E-state index is 12.2. The van der Waals surface area contributed by atoms with Crippen molar-refractivity contribution in [1.82, 2.24) is 5.48 Å². The zero-order valence-corrected chi connectivity index (χ0v) is 7.01. The number of nitrogens with one attached hydrogen (secondary N) is 1. The van der Waals surface area contributed by atoms with Gasteiger partial charge in [0.05, 0.1) is 7.11 Å². The number of alkyl halides is 1. The second-order valence-electron chi connectivity index (χ2n) is 2.48. The van der Waals surface area contributed by atoms with Gasteiger partial charge in [-0.25, -0.2) is 4.39 Å². The molecule has 0 atom stereocenters. The molecule has 66 valence electrons. The fourth-order valence-electron chi connectivity index (χ4n) is 0.978. The van der Waals surface area contributed by atoms with E-state index in [0.717, 1.165) is 5.56 Å². The van der Waals surface area contributed by atoms with Crippen LogP contribution in [0, 0.1) is 0 Å². The van der Waals surface area contributed by atoms with Crippen LogP contribution in [0.15, 0.2) is 24.3 Å². The molecule has 0 aromatic heterocycles. The van der Waals surface area contributed by atoms with Crippen molar-refractivity contribution < 1.29 is 9.23 Å². The first-order chi connectivity index (χ1) is 5.86. The van der Waals surface area contributed by atoms with E-state index in [4.69, 9.17) is 0 Å². The van der Waals surface area contributed by atoms with Crippen molar-refractivity contribution in [3.05, 3.63) is 35.4 Å². The van der Waals surface area contributed by atoms with E-state index >= 15 is 0 Å². The van der Waals surface area contributed by atoms with Gasteiger partial charge in [0.15, 0.2) is 0 Å². The molecule has 3 heteroatoms. The SMILES string of the molecule is CONCc1cccc(CF)c1. The minimum atomic E-state index is -0.416. The van der Waals surface area contributed by atoms with E-state index in [1.165, 1.54) is 0 Å². The molecule has 0 spiro atoms. The first-order valence-corrected chi connectivity index (χ1v) is 3.76. The molecule has 0 radical (unpaired) electrons. The van der Waals surface area contributed by atoms with E-state index in [1.54, 1.807) is 13.2 Å². The Morgan fingerprint density at radius 2 is 2.17 bits per heavy atom. The summed E-state index contributed by atoms with van der Waals surface area (Å²) in [5, 5.41) is 0. The van der Waals surface area contributed by atoms with Gasteiger partial charge in [-0.2, -0.15) is 5.48 Å². The van der Waals surface area contributed by atoms with E-state index in [-0.39, 0.29) is 0 Å². The van der Waals surface area contributed by atoms with Gasteiger partial charge in [-0.3, -0.25) is 0 Å². The molecule has 1 N–H and O–H groups in total. The molecule has 0 saturated heterocycles. The van der Waals surface area contributed by atoms with Gasteiger partial charge in [0.1, 0.15) is 6.67 Å². The highest BCUT2D eigenvalue weighted by Crippen LogP contribution is 2.05. The van der Waals surface area contributed by atoms with Gasteiger partial charge in [-0.05, 0) is 11.1 Å². The van der Waals surface area contributed by atoms with Gasteiger partial charge in [-0.15, -0.1) is 0 Å². The van der Waals surface area contributed by atoms with Crippen molar-refractivity contribution in [2.24, 2.45) is 0 Å². The Balaban J connectivity index is 2.60. The van der Waals surface area contributed by atoms with Gasteiger partial charge in [-0.1, -0.05) is 24.3 Å². The number of hydrogen-bond donors (Lipinski definition) is 1. The normalized spacial score (nSPS) is 10.2. The van der Waals surface area contributed by atoms with E-state index in [1.807, 2.05) is 18.2 Å². The average Bonchev–Trinajstić information content (AvgIpc) is 2.15. The number of hydrogen-bond acceptors (Lipinski definition) is 2. The van der Waals surface area contributed by atoms with Crippen molar-refractivity contribution >= 4 is 0 Å².